The summed E-state index contributed by atoms with van der Waals surface area (Å²) in [6.45, 7) is 4.90. The van der Waals surface area contributed by atoms with Crippen molar-refractivity contribution < 1.29 is 14.3 Å². The first kappa shape index (κ1) is 20.6. The van der Waals surface area contributed by atoms with Crippen LogP contribution in [0.1, 0.15) is 43.0 Å². The quantitative estimate of drug-likeness (QED) is 0.400. The van der Waals surface area contributed by atoms with Gasteiger partial charge in [-0.05, 0) is 74.9 Å². The second kappa shape index (κ2) is 10.4. The first-order valence-electron chi connectivity index (χ1n) is 9.90. The molecule has 1 aromatic rings. The molecular formula is C21H28ClN3O3. The molecule has 0 unspecified atom stereocenters. The monoisotopic (exact) mass is 405 g/mol. The maximum absolute atomic E-state index is 11.6. The topological polar surface area (TPSA) is 54.0 Å². The minimum atomic E-state index is -0.297. The van der Waals surface area contributed by atoms with E-state index in [-0.39, 0.29) is 5.97 Å². The largest absolute Gasteiger partial charge is 0.494 e. The SMILES string of the molecule is CCOC(=O)c1ccc(OCCCC2CCN(N3C=CC=C(Cl)N3)CC2)cc1. The van der Waals surface area contributed by atoms with Gasteiger partial charge in [0.1, 0.15) is 10.9 Å². The molecule has 0 aromatic heterocycles. The lowest BCUT2D eigenvalue weighted by atomic mass is 9.93. The van der Waals surface area contributed by atoms with E-state index in [2.05, 4.69) is 10.4 Å². The summed E-state index contributed by atoms with van der Waals surface area (Å²) in [6.07, 6.45) is 10.3. The van der Waals surface area contributed by atoms with Crippen LogP contribution in [0.25, 0.3) is 0 Å². The van der Waals surface area contributed by atoms with Crippen LogP contribution in [0.3, 0.4) is 0 Å². The van der Waals surface area contributed by atoms with Gasteiger partial charge in [-0.25, -0.2) is 14.9 Å². The summed E-state index contributed by atoms with van der Waals surface area (Å²) in [5.74, 6) is 1.22. The minimum Gasteiger partial charge on any atom is -0.494 e. The van der Waals surface area contributed by atoms with E-state index in [9.17, 15) is 4.79 Å². The number of hydrogen-bond donors (Lipinski definition) is 1. The molecule has 152 valence electrons. The highest BCUT2D eigenvalue weighted by atomic mass is 35.5. The molecule has 0 saturated carbocycles. The number of nitrogens with zero attached hydrogens (tertiary/aromatic N) is 2. The van der Waals surface area contributed by atoms with Gasteiger partial charge in [0.05, 0.1) is 18.8 Å². The Labute approximate surface area is 171 Å². The van der Waals surface area contributed by atoms with Gasteiger partial charge in [-0.15, -0.1) is 0 Å². The van der Waals surface area contributed by atoms with Crippen molar-refractivity contribution in [2.75, 3.05) is 26.3 Å². The third-order valence-corrected chi connectivity index (χ3v) is 5.19. The molecule has 0 bridgehead atoms. The highest BCUT2D eigenvalue weighted by Crippen LogP contribution is 2.24. The fraction of sp³-hybridized carbons (Fsp3) is 0.476. The summed E-state index contributed by atoms with van der Waals surface area (Å²) in [7, 11) is 0. The maximum Gasteiger partial charge on any atom is 0.338 e. The Kier molecular flexibility index (Phi) is 7.62. The smallest absolute Gasteiger partial charge is 0.338 e. The fourth-order valence-corrected chi connectivity index (χ4v) is 3.60. The molecule has 0 radical (unpaired) electrons. The van der Waals surface area contributed by atoms with E-state index >= 15 is 0 Å². The zero-order valence-electron chi connectivity index (χ0n) is 16.3. The maximum atomic E-state index is 11.6. The Morgan fingerprint density at radius 2 is 2.00 bits per heavy atom. The number of nitrogens with one attached hydrogen (secondary N) is 1. The van der Waals surface area contributed by atoms with Crippen LogP contribution in [0.5, 0.6) is 5.75 Å². The number of rotatable bonds is 8. The van der Waals surface area contributed by atoms with Crippen LogP contribution in [0, 0.1) is 5.92 Å². The second-order valence-electron chi connectivity index (χ2n) is 6.95. The zero-order valence-corrected chi connectivity index (χ0v) is 17.0. The van der Waals surface area contributed by atoms with Gasteiger partial charge in [-0.2, -0.15) is 0 Å². The molecule has 7 heteroatoms. The first-order chi connectivity index (χ1) is 13.7. The molecule has 0 atom stereocenters. The van der Waals surface area contributed by atoms with Crippen molar-refractivity contribution in [1.29, 1.82) is 0 Å². The Morgan fingerprint density at radius 1 is 1.25 bits per heavy atom. The van der Waals surface area contributed by atoms with Crippen molar-refractivity contribution in [3.63, 3.8) is 0 Å². The zero-order chi connectivity index (χ0) is 19.8. The van der Waals surface area contributed by atoms with E-state index in [0.717, 1.165) is 31.2 Å². The first-order valence-corrected chi connectivity index (χ1v) is 10.3. The van der Waals surface area contributed by atoms with Crippen LogP contribution < -0.4 is 10.2 Å². The number of carbonyl (C=O) groups excluding carboxylic acids is 1. The van der Waals surface area contributed by atoms with Gasteiger partial charge in [0, 0.05) is 19.3 Å². The van der Waals surface area contributed by atoms with Crippen LogP contribution in [-0.2, 0) is 4.74 Å². The minimum absolute atomic E-state index is 0.297. The summed E-state index contributed by atoms with van der Waals surface area (Å²) in [5.41, 5.74) is 3.69. The highest BCUT2D eigenvalue weighted by Gasteiger charge is 2.23. The lowest BCUT2D eigenvalue weighted by Gasteiger charge is -2.40. The summed E-state index contributed by atoms with van der Waals surface area (Å²) in [5, 5.41) is 4.89. The fourth-order valence-electron chi connectivity index (χ4n) is 3.45. The number of piperidine rings is 1. The van der Waals surface area contributed by atoms with E-state index < -0.39 is 0 Å². The molecule has 1 saturated heterocycles. The van der Waals surface area contributed by atoms with Crippen molar-refractivity contribution >= 4 is 17.6 Å². The van der Waals surface area contributed by atoms with Crippen molar-refractivity contribution in [3.8, 4) is 5.75 Å². The molecule has 2 aliphatic rings. The van der Waals surface area contributed by atoms with Crippen molar-refractivity contribution in [2.45, 2.75) is 32.6 Å². The van der Waals surface area contributed by atoms with E-state index in [4.69, 9.17) is 21.1 Å². The lowest BCUT2D eigenvalue weighted by molar-refractivity contribution is -0.0397. The van der Waals surface area contributed by atoms with Crippen LogP contribution in [-0.4, -0.2) is 42.4 Å². The highest BCUT2D eigenvalue weighted by molar-refractivity contribution is 6.29. The number of allylic oxidation sites excluding steroid dienone is 2. The summed E-state index contributed by atoms with van der Waals surface area (Å²) < 4.78 is 10.8. The molecule has 1 aromatic carbocycles. The molecule has 2 heterocycles. The van der Waals surface area contributed by atoms with Gasteiger partial charge in [-0.3, -0.25) is 5.43 Å². The summed E-state index contributed by atoms with van der Waals surface area (Å²) >= 11 is 6.03. The third kappa shape index (κ3) is 5.91. The Morgan fingerprint density at radius 3 is 2.68 bits per heavy atom. The van der Waals surface area contributed by atoms with E-state index in [1.54, 1.807) is 19.1 Å². The molecule has 3 rings (SSSR count). The Balaban J connectivity index is 1.31. The van der Waals surface area contributed by atoms with E-state index in [0.29, 0.717) is 23.9 Å². The van der Waals surface area contributed by atoms with Crippen molar-refractivity contribution in [1.82, 2.24) is 15.6 Å². The normalized spacial score (nSPS) is 17.8. The number of benzene rings is 1. The number of hydrazine groups is 2. The number of esters is 1. The van der Waals surface area contributed by atoms with Crippen LogP contribution >= 0.6 is 11.6 Å². The lowest BCUT2D eigenvalue weighted by Crippen LogP contribution is -2.50. The Hall–Kier alpha value is -2.18. The number of ether oxygens (including phenoxy) is 2. The summed E-state index contributed by atoms with van der Waals surface area (Å²) in [6, 6.07) is 7.13. The summed E-state index contributed by atoms with van der Waals surface area (Å²) in [4.78, 5) is 11.6. The van der Waals surface area contributed by atoms with Gasteiger partial charge in [0.15, 0.2) is 0 Å². The van der Waals surface area contributed by atoms with Crippen LogP contribution in [0.15, 0.2) is 47.8 Å². The van der Waals surface area contributed by atoms with Gasteiger partial charge in [0.2, 0.25) is 0 Å². The molecule has 28 heavy (non-hydrogen) atoms. The van der Waals surface area contributed by atoms with Crippen LogP contribution in [0.4, 0.5) is 0 Å². The molecule has 0 amide bonds. The van der Waals surface area contributed by atoms with Gasteiger partial charge >= 0.3 is 5.97 Å². The van der Waals surface area contributed by atoms with Crippen molar-refractivity contribution in [2.24, 2.45) is 5.92 Å². The Bertz CT molecular complexity index is 697. The van der Waals surface area contributed by atoms with Gasteiger partial charge in [0.25, 0.3) is 0 Å². The number of halogens is 1. The molecule has 0 spiro atoms. The van der Waals surface area contributed by atoms with E-state index in [1.807, 2.05) is 35.6 Å². The molecule has 0 aliphatic carbocycles. The predicted octanol–water partition coefficient (Wildman–Crippen LogP) is 4.06. The van der Waals surface area contributed by atoms with Gasteiger partial charge < -0.3 is 9.47 Å². The van der Waals surface area contributed by atoms with E-state index in [1.165, 1.54) is 19.3 Å². The standard InChI is InChI=1S/C21H28ClN3O3/c1-2-27-21(26)18-7-9-19(10-8-18)28-16-4-5-17-11-14-24(15-12-17)25-13-3-6-20(22)23-25/h3,6-10,13,17,23H,2,4-5,11-12,14-16H2,1H3. The molecule has 1 N–H and O–H groups in total. The molecule has 1 fully saturated rings. The van der Waals surface area contributed by atoms with Crippen LogP contribution in [0.2, 0.25) is 0 Å². The number of hydrogen-bond acceptors (Lipinski definition) is 6. The number of carbonyl (C=O) groups is 1. The van der Waals surface area contributed by atoms with Gasteiger partial charge in [-0.1, -0.05) is 11.6 Å². The van der Waals surface area contributed by atoms with Crippen molar-refractivity contribution in [3.05, 3.63) is 53.3 Å². The second-order valence-corrected chi connectivity index (χ2v) is 7.35. The average Bonchev–Trinajstić information content (AvgIpc) is 2.72. The molecule has 2 aliphatic heterocycles. The average molecular weight is 406 g/mol. The molecular weight excluding hydrogens is 378 g/mol. The molecule has 6 nitrogen and oxygen atoms in total. The third-order valence-electron chi connectivity index (χ3n) is 4.98. The predicted molar refractivity (Wildman–Crippen MR) is 109 cm³/mol.